The van der Waals surface area contributed by atoms with Crippen molar-refractivity contribution in [3.63, 3.8) is 0 Å². The summed E-state index contributed by atoms with van der Waals surface area (Å²) >= 11 is 3.32. The molecule has 0 bridgehead atoms. The SMILES string of the molecule is Nc1cccc2c1CCCN2CCS(=O)(=O)c1ccc(Br)cc1. The van der Waals surface area contributed by atoms with Gasteiger partial charge in [-0.2, -0.15) is 0 Å². The molecule has 0 aliphatic carbocycles. The molecular weight excluding hydrogens is 376 g/mol. The Morgan fingerprint density at radius 1 is 1.13 bits per heavy atom. The van der Waals surface area contributed by atoms with Gasteiger partial charge in [-0.1, -0.05) is 22.0 Å². The zero-order valence-electron chi connectivity index (χ0n) is 12.7. The third kappa shape index (κ3) is 3.53. The van der Waals surface area contributed by atoms with Crippen molar-refractivity contribution in [2.75, 3.05) is 29.5 Å². The Morgan fingerprint density at radius 3 is 2.61 bits per heavy atom. The standard InChI is InChI=1S/C17H19BrN2O2S/c18-13-6-8-14(9-7-13)23(21,22)12-11-20-10-2-3-15-16(19)4-1-5-17(15)20/h1,4-9H,2-3,10-12,19H2. The van der Waals surface area contributed by atoms with Crippen LogP contribution in [0.3, 0.4) is 0 Å². The first kappa shape index (κ1) is 16.3. The summed E-state index contributed by atoms with van der Waals surface area (Å²) in [4.78, 5) is 2.50. The molecular formula is C17H19BrN2O2S. The van der Waals surface area contributed by atoms with E-state index in [1.165, 1.54) is 0 Å². The molecule has 1 aliphatic heterocycles. The van der Waals surface area contributed by atoms with E-state index in [1.54, 1.807) is 24.3 Å². The van der Waals surface area contributed by atoms with Crippen LogP contribution in [0.2, 0.25) is 0 Å². The third-order valence-corrected chi connectivity index (χ3v) is 6.42. The van der Waals surface area contributed by atoms with Crippen LogP contribution in [-0.4, -0.2) is 27.3 Å². The van der Waals surface area contributed by atoms with Crippen LogP contribution in [0.15, 0.2) is 51.8 Å². The topological polar surface area (TPSA) is 63.4 Å². The maximum Gasteiger partial charge on any atom is 0.180 e. The summed E-state index contributed by atoms with van der Waals surface area (Å²) < 4.78 is 25.9. The molecule has 0 saturated heterocycles. The smallest absolute Gasteiger partial charge is 0.180 e. The number of anilines is 2. The molecule has 0 radical (unpaired) electrons. The molecule has 0 unspecified atom stereocenters. The number of fused-ring (bicyclic) bond motifs is 1. The van der Waals surface area contributed by atoms with E-state index in [0.717, 1.165) is 40.8 Å². The second kappa shape index (κ2) is 6.53. The van der Waals surface area contributed by atoms with Crippen molar-refractivity contribution in [3.05, 3.63) is 52.5 Å². The van der Waals surface area contributed by atoms with Gasteiger partial charge in [-0.05, 0) is 54.8 Å². The molecule has 0 aromatic heterocycles. The molecule has 1 heterocycles. The minimum atomic E-state index is -3.28. The van der Waals surface area contributed by atoms with Crippen LogP contribution in [-0.2, 0) is 16.3 Å². The highest BCUT2D eigenvalue weighted by atomic mass is 79.9. The Bertz CT molecular complexity index is 804. The number of nitrogens with zero attached hydrogens (tertiary/aromatic N) is 1. The molecule has 0 amide bonds. The van der Waals surface area contributed by atoms with Crippen molar-refractivity contribution in [3.8, 4) is 0 Å². The second-order valence-corrected chi connectivity index (χ2v) is 8.73. The Kier molecular flexibility index (Phi) is 4.64. The van der Waals surface area contributed by atoms with Gasteiger partial charge in [0, 0.05) is 28.9 Å². The van der Waals surface area contributed by atoms with Gasteiger partial charge in [0.1, 0.15) is 0 Å². The molecule has 122 valence electrons. The molecule has 6 heteroatoms. The molecule has 1 aliphatic rings. The molecule has 4 nitrogen and oxygen atoms in total. The minimum absolute atomic E-state index is 0.100. The van der Waals surface area contributed by atoms with Crippen molar-refractivity contribution in [1.82, 2.24) is 0 Å². The van der Waals surface area contributed by atoms with E-state index < -0.39 is 9.84 Å². The highest BCUT2D eigenvalue weighted by molar-refractivity contribution is 9.10. The third-order valence-electron chi connectivity index (χ3n) is 4.19. The summed E-state index contributed by atoms with van der Waals surface area (Å²) in [5.74, 6) is 0.100. The van der Waals surface area contributed by atoms with E-state index in [9.17, 15) is 8.42 Å². The monoisotopic (exact) mass is 394 g/mol. The highest BCUT2D eigenvalue weighted by Gasteiger charge is 2.21. The van der Waals surface area contributed by atoms with E-state index in [4.69, 9.17) is 5.73 Å². The number of hydrogen-bond acceptors (Lipinski definition) is 4. The van der Waals surface area contributed by atoms with Crippen molar-refractivity contribution in [2.45, 2.75) is 17.7 Å². The summed E-state index contributed by atoms with van der Waals surface area (Å²) in [5, 5.41) is 0. The van der Waals surface area contributed by atoms with Crippen molar-refractivity contribution >= 4 is 37.1 Å². The van der Waals surface area contributed by atoms with Gasteiger partial charge in [0.15, 0.2) is 9.84 Å². The Hall–Kier alpha value is -1.53. The van der Waals surface area contributed by atoms with Crippen molar-refractivity contribution in [2.24, 2.45) is 0 Å². The Balaban J connectivity index is 1.77. The Labute approximate surface area is 145 Å². The van der Waals surface area contributed by atoms with Crippen LogP contribution in [0.5, 0.6) is 0 Å². The summed E-state index contributed by atoms with van der Waals surface area (Å²) in [6.45, 7) is 1.35. The van der Waals surface area contributed by atoms with E-state index >= 15 is 0 Å². The van der Waals surface area contributed by atoms with Gasteiger partial charge in [-0.25, -0.2) is 8.42 Å². The molecule has 2 N–H and O–H groups in total. The first-order chi connectivity index (χ1) is 11.0. The van der Waals surface area contributed by atoms with Gasteiger partial charge in [0.05, 0.1) is 10.6 Å². The molecule has 23 heavy (non-hydrogen) atoms. The van der Waals surface area contributed by atoms with Crippen molar-refractivity contribution < 1.29 is 8.42 Å². The predicted molar refractivity (Wildman–Crippen MR) is 97.6 cm³/mol. The lowest BCUT2D eigenvalue weighted by Gasteiger charge is -2.32. The number of benzene rings is 2. The van der Waals surface area contributed by atoms with Crippen LogP contribution in [0, 0.1) is 0 Å². The highest BCUT2D eigenvalue weighted by Crippen LogP contribution is 2.31. The molecule has 0 spiro atoms. The molecule has 0 fully saturated rings. The maximum absolute atomic E-state index is 12.5. The number of rotatable bonds is 4. The van der Waals surface area contributed by atoms with Gasteiger partial charge >= 0.3 is 0 Å². The van der Waals surface area contributed by atoms with E-state index in [2.05, 4.69) is 20.8 Å². The lowest BCUT2D eigenvalue weighted by Crippen LogP contribution is -2.34. The van der Waals surface area contributed by atoms with Crippen LogP contribution >= 0.6 is 15.9 Å². The van der Waals surface area contributed by atoms with Gasteiger partial charge in [-0.15, -0.1) is 0 Å². The second-order valence-electron chi connectivity index (χ2n) is 5.71. The number of sulfone groups is 1. The fraction of sp³-hybridized carbons (Fsp3) is 0.294. The normalized spacial score (nSPS) is 14.6. The lowest BCUT2D eigenvalue weighted by molar-refractivity contribution is 0.593. The average Bonchev–Trinajstić information content (AvgIpc) is 2.54. The lowest BCUT2D eigenvalue weighted by atomic mass is 10.00. The fourth-order valence-electron chi connectivity index (χ4n) is 2.95. The molecule has 2 aromatic rings. The van der Waals surface area contributed by atoms with E-state index in [1.807, 2.05) is 18.2 Å². The molecule has 0 saturated carbocycles. The zero-order chi connectivity index (χ0) is 16.4. The maximum atomic E-state index is 12.5. The summed E-state index contributed by atoms with van der Waals surface area (Å²) in [5.41, 5.74) is 9.05. The summed E-state index contributed by atoms with van der Waals surface area (Å²) in [6.07, 6.45) is 1.96. The number of nitrogens with two attached hydrogens (primary N) is 1. The first-order valence-corrected chi connectivity index (χ1v) is 10.0. The molecule has 0 atom stereocenters. The quantitative estimate of drug-likeness (QED) is 0.808. The van der Waals surface area contributed by atoms with Crippen LogP contribution in [0.4, 0.5) is 11.4 Å². The summed E-state index contributed by atoms with van der Waals surface area (Å²) in [6, 6.07) is 12.6. The first-order valence-electron chi connectivity index (χ1n) is 7.58. The van der Waals surface area contributed by atoms with Crippen LogP contribution in [0.1, 0.15) is 12.0 Å². The van der Waals surface area contributed by atoms with E-state index in [0.29, 0.717) is 11.4 Å². The zero-order valence-corrected chi connectivity index (χ0v) is 15.1. The predicted octanol–water partition coefficient (Wildman–Crippen LogP) is 3.26. The van der Waals surface area contributed by atoms with Crippen molar-refractivity contribution in [1.29, 1.82) is 0 Å². The summed E-state index contributed by atoms with van der Waals surface area (Å²) in [7, 11) is -3.28. The van der Waals surface area contributed by atoms with Crippen LogP contribution < -0.4 is 10.6 Å². The molecule has 3 rings (SSSR count). The average molecular weight is 395 g/mol. The van der Waals surface area contributed by atoms with Gasteiger partial charge < -0.3 is 10.6 Å². The fourth-order valence-corrected chi connectivity index (χ4v) is 4.46. The number of hydrogen-bond donors (Lipinski definition) is 1. The van der Waals surface area contributed by atoms with Crippen LogP contribution in [0.25, 0.3) is 0 Å². The molecule has 2 aromatic carbocycles. The van der Waals surface area contributed by atoms with E-state index in [-0.39, 0.29) is 5.75 Å². The largest absolute Gasteiger partial charge is 0.398 e. The number of nitrogen functional groups attached to an aromatic ring is 1. The van der Waals surface area contributed by atoms with Gasteiger partial charge in [0.2, 0.25) is 0 Å². The Morgan fingerprint density at radius 2 is 1.87 bits per heavy atom. The van der Waals surface area contributed by atoms with Gasteiger partial charge in [-0.3, -0.25) is 0 Å². The van der Waals surface area contributed by atoms with Gasteiger partial charge in [0.25, 0.3) is 0 Å². The number of halogens is 1. The minimum Gasteiger partial charge on any atom is -0.398 e.